The number of hydrogen-bond donors (Lipinski definition) is 4. The number of hydrogen-bond acceptors (Lipinski definition) is 6. The predicted molar refractivity (Wildman–Crippen MR) is 128 cm³/mol. The lowest BCUT2D eigenvalue weighted by molar-refractivity contribution is -0.00779. The zero-order valence-corrected chi connectivity index (χ0v) is 19.9. The molecule has 0 aliphatic carbocycles. The molecule has 5 N–H and O–H groups in total. The van der Waals surface area contributed by atoms with E-state index >= 15 is 0 Å². The van der Waals surface area contributed by atoms with Gasteiger partial charge in [0.1, 0.15) is 11.6 Å². The maximum absolute atomic E-state index is 13.7. The summed E-state index contributed by atoms with van der Waals surface area (Å²) in [6.45, 7) is 3.39. The Balaban J connectivity index is 1.74. The summed E-state index contributed by atoms with van der Waals surface area (Å²) in [5.41, 5.74) is 3.23. The van der Waals surface area contributed by atoms with Gasteiger partial charge in [-0.1, -0.05) is 22.6 Å². The van der Waals surface area contributed by atoms with Gasteiger partial charge >= 0.3 is 0 Å². The minimum Gasteiger partial charge on any atom is -0.378 e. The first-order chi connectivity index (χ1) is 14.4. The van der Waals surface area contributed by atoms with Crippen LogP contribution in [0.1, 0.15) is 12.5 Å². The normalized spacial score (nSPS) is 20.3. The highest BCUT2D eigenvalue weighted by molar-refractivity contribution is 14.1. The van der Waals surface area contributed by atoms with Crippen LogP contribution in [0.4, 0.5) is 4.39 Å². The number of fused-ring (bicyclic) bond motifs is 1. The van der Waals surface area contributed by atoms with Crippen molar-refractivity contribution in [2.45, 2.75) is 19.0 Å². The summed E-state index contributed by atoms with van der Waals surface area (Å²) < 4.78 is 20.2. The molecule has 2 aliphatic heterocycles. The average molecular weight is 587 g/mol. The first-order valence-corrected chi connectivity index (χ1v) is 11.7. The molecular formula is C20H21BrFIN6O. The number of nitrogens with one attached hydrogen (secondary N) is 3. The Morgan fingerprint density at radius 3 is 2.93 bits per heavy atom. The summed E-state index contributed by atoms with van der Waals surface area (Å²) in [7, 11) is 0. The topological polar surface area (TPSA) is 99.3 Å². The van der Waals surface area contributed by atoms with Gasteiger partial charge in [-0.25, -0.2) is 15.2 Å². The van der Waals surface area contributed by atoms with Gasteiger partial charge in [0.15, 0.2) is 5.84 Å². The Bertz CT molecular complexity index is 1070. The maximum Gasteiger partial charge on any atom is 0.157 e. The van der Waals surface area contributed by atoms with E-state index in [1.807, 2.05) is 13.0 Å². The van der Waals surface area contributed by atoms with Gasteiger partial charge in [0, 0.05) is 33.2 Å². The molecule has 1 saturated heterocycles. The van der Waals surface area contributed by atoms with Crippen LogP contribution >= 0.6 is 38.5 Å². The quantitative estimate of drug-likeness (QED) is 0.244. The highest BCUT2D eigenvalue weighted by atomic mass is 127. The summed E-state index contributed by atoms with van der Waals surface area (Å²) in [5, 5.41) is 17.4. The third-order valence-corrected chi connectivity index (χ3v) is 6.71. The van der Waals surface area contributed by atoms with Crippen LogP contribution in [-0.2, 0) is 4.74 Å². The molecule has 1 fully saturated rings. The Morgan fingerprint density at radius 1 is 1.50 bits per heavy atom. The third kappa shape index (κ3) is 4.11. The Hall–Kier alpha value is -1.60. The number of allylic oxidation sites excluding steroid dienone is 1. The lowest BCUT2D eigenvalue weighted by Crippen LogP contribution is -2.54. The molecule has 0 saturated carbocycles. The van der Waals surface area contributed by atoms with Crippen molar-refractivity contribution in [3.05, 3.63) is 57.8 Å². The van der Waals surface area contributed by atoms with E-state index in [0.29, 0.717) is 33.3 Å². The maximum atomic E-state index is 13.7. The zero-order valence-electron chi connectivity index (χ0n) is 16.2. The molecule has 0 spiro atoms. The van der Waals surface area contributed by atoms with E-state index in [1.54, 1.807) is 12.3 Å². The van der Waals surface area contributed by atoms with Crippen molar-refractivity contribution in [1.82, 2.24) is 20.6 Å². The van der Waals surface area contributed by atoms with Crippen molar-refractivity contribution >= 4 is 60.8 Å². The number of halogens is 3. The van der Waals surface area contributed by atoms with Gasteiger partial charge in [0.25, 0.3) is 0 Å². The largest absolute Gasteiger partial charge is 0.378 e. The smallest absolute Gasteiger partial charge is 0.157 e. The lowest BCUT2D eigenvalue weighted by Gasteiger charge is -2.37. The molecule has 3 heterocycles. The molecule has 1 unspecified atom stereocenters. The summed E-state index contributed by atoms with van der Waals surface area (Å²) in [5.74, 6) is 6.71. The number of pyridine rings is 1. The van der Waals surface area contributed by atoms with Crippen LogP contribution in [0.5, 0.6) is 0 Å². The molecule has 10 heteroatoms. The van der Waals surface area contributed by atoms with Gasteiger partial charge in [0.2, 0.25) is 0 Å². The standard InChI is InChI=1S/C20H21BrFIN6O/c1-10(27-14-8-30-9-14)18-17(21)19(24)29(25)20(28-18)15(6-23)12-4-11-5-13(22)2-3-16(11)26-7-12/h2-5,7,10,14,24,27-28H,6,8-9,25H2,1H3/b20-15+,24-19?. The van der Waals surface area contributed by atoms with E-state index < -0.39 is 0 Å². The summed E-state index contributed by atoms with van der Waals surface area (Å²) in [6.07, 6.45) is 1.75. The predicted octanol–water partition coefficient (Wildman–Crippen LogP) is 3.22. The first-order valence-electron chi connectivity index (χ1n) is 9.38. The van der Waals surface area contributed by atoms with Crippen LogP contribution in [-0.4, -0.2) is 45.6 Å². The van der Waals surface area contributed by atoms with Gasteiger partial charge in [-0.3, -0.25) is 10.4 Å². The van der Waals surface area contributed by atoms with Crippen molar-refractivity contribution in [2.75, 3.05) is 17.6 Å². The fourth-order valence-corrected chi connectivity index (χ4v) is 4.86. The average Bonchev–Trinajstić information content (AvgIpc) is 2.70. The summed E-state index contributed by atoms with van der Waals surface area (Å²) >= 11 is 5.76. The molecule has 0 bridgehead atoms. The second-order valence-electron chi connectivity index (χ2n) is 7.22. The molecule has 1 atom stereocenters. The summed E-state index contributed by atoms with van der Waals surface area (Å²) in [4.78, 5) is 4.46. The molecule has 30 heavy (non-hydrogen) atoms. The van der Waals surface area contributed by atoms with E-state index in [0.717, 1.165) is 22.4 Å². The minimum absolute atomic E-state index is 0.0448. The van der Waals surface area contributed by atoms with Crippen LogP contribution in [0.25, 0.3) is 16.5 Å². The molecule has 7 nitrogen and oxygen atoms in total. The molecule has 1 aromatic heterocycles. The van der Waals surface area contributed by atoms with Crippen LogP contribution in [0.2, 0.25) is 0 Å². The first kappa shape index (κ1) is 21.6. The van der Waals surface area contributed by atoms with Crippen molar-refractivity contribution in [3.8, 4) is 0 Å². The molecule has 0 radical (unpaired) electrons. The molecule has 1 aromatic carbocycles. The number of rotatable bonds is 5. The van der Waals surface area contributed by atoms with Gasteiger partial charge < -0.3 is 15.4 Å². The van der Waals surface area contributed by atoms with Gasteiger partial charge in [-0.15, -0.1) is 0 Å². The fraction of sp³-hybridized carbons (Fsp3) is 0.300. The minimum atomic E-state index is -0.308. The van der Waals surface area contributed by atoms with Gasteiger partial charge in [0.05, 0.1) is 35.0 Å². The Morgan fingerprint density at radius 2 is 2.27 bits per heavy atom. The summed E-state index contributed by atoms with van der Waals surface area (Å²) in [6, 6.07) is 6.66. The number of amidine groups is 1. The van der Waals surface area contributed by atoms with Gasteiger partial charge in [-0.2, -0.15) is 0 Å². The Labute approximate surface area is 195 Å². The van der Waals surface area contributed by atoms with Crippen LogP contribution in [0, 0.1) is 11.2 Å². The molecule has 2 aromatic rings. The number of aromatic nitrogens is 1. The van der Waals surface area contributed by atoms with E-state index in [9.17, 15) is 4.39 Å². The molecule has 2 aliphatic rings. The molecule has 0 amide bonds. The van der Waals surface area contributed by atoms with Crippen molar-refractivity contribution in [2.24, 2.45) is 5.84 Å². The SMILES string of the molecule is CC(NC1COC1)C1=C(Br)C(=N)N(N)/C(=C(\CI)c2cnc3ccc(F)cc3c2)N1. The highest BCUT2D eigenvalue weighted by Gasteiger charge is 2.31. The second-order valence-corrected chi connectivity index (χ2v) is 8.77. The number of benzene rings is 1. The molecular weight excluding hydrogens is 566 g/mol. The van der Waals surface area contributed by atoms with E-state index in [2.05, 4.69) is 54.1 Å². The van der Waals surface area contributed by atoms with Crippen molar-refractivity contribution < 1.29 is 9.13 Å². The number of nitrogens with two attached hydrogens (primary N) is 1. The fourth-order valence-electron chi connectivity index (χ4n) is 3.42. The van der Waals surface area contributed by atoms with Crippen molar-refractivity contribution in [1.29, 1.82) is 5.41 Å². The van der Waals surface area contributed by atoms with Crippen LogP contribution in [0.3, 0.4) is 0 Å². The number of nitrogens with zero attached hydrogens (tertiary/aromatic N) is 2. The monoisotopic (exact) mass is 586 g/mol. The van der Waals surface area contributed by atoms with E-state index in [-0.39, 0.29) is 23.7 Å². The lowest BCUT2D eigenvalue weighted by atomic mass is 10.0. The number of alkyl halides is 1. The third-order valence-electron chi connectivity index (χ3n) is 5.15. The van der Waals surface area contributed by atoms with E-state index in [4.69, 9.17) is 16.0 Å². The van der Waals surface area contributed by atoms with Gasteiger partial charge in [-0.05, 0) is 47.1 Å². The number of hydrazine groups is 1. The van der Waals surface area contributed by atoms with Crippen LogP contribution < -0.4 is 16.5 Å². The highest BCUT2D eigenvalue weighted by Crippen LogP contribution is 2.30. The molecule has 4 rings (SSSR count). The van der Waals surface area contributed by atoms with Crippen LogP contribution in [0.15, 0.2) is 46.5 Å². The Kier molecular flexibility index (Phi) is 6.39. The van der Waals surface area contributed by atoms with Crippen molar-refractivity contribution in [3.63, 3.8) is 0 Å². The number of ether oxygens (including phenoxy) is 1. The van der Waals surface area contributed by atoms with E-state index in [1.165, 1.54) is 17.1 Å². The second kappa shape index (κ2) is 8.87. The zero-order chi connectivity index (χ0) is 21.4. The molecule has 158 valence electrons.